The van der Waals surface area contributed by atoms with Crippen molar-refractivity contribution in [3.05, 3.63) is 81.1 Å². The van der Waals surface area contributed by atoms with Crippen molar-refractivity contribution in [2.75, 3.05) is 20.3 Å². The van der Waals surface area contributed by atoms with E-state index < -0.39 is 0 Å². The van der Waals surface area contributed by atoms with Crippen LogP contribution in [0.2, 0.25) is 0 Å². The van der Waals surface area contributed by atoms with Crippen LogP contribution in [0.3, 0.4) is 0 Å². The first-order valence-corrected chi connectivity index (χ1v) is 12.6. The van der Waals surface area contributed by atoms with E-state index in [1.807, 2.05) is 50.2 Å². The standard InChI is InChI=1S/C28H24BrN3O5/c1-4-35-24-13-17(20(29)15-25(24)36-5-2)16-30-32-27(31-21-10-7-6-9-18(21)28(32)33)26-14-19-22(34-3)11-8-12-23(19)37-26/h6-16H,4-5H2,1-3H3. The molecular formula is C28H24BrN3O5. The van der Waals surface area contributed by atoms with Gasteiger partial charge in [0.15, 0.2) is 17.3 Å². The van der Waals surface area contributed by atoms with Gasteiger partial charge < -0.3 is 18.6 Å². The topological polar surface area (TPSA) is 88.1 Å². The Balaban J connectivity index is 1.69. The lowest BCUT2D eigenvalue weighted by Gasteiger charge is -2.13. The van der Waals surface area contributed by atoms with E-state index in [2.05, 4.69) is 21.0 Å². The number of hydrogen-bond donors (Lipinski definition) is 0. The molecule has 0 saturated heterocycles. The van der Waals surface area contributed by atoms with Crippen LogP contribution < -0.4 is 19.8 Å². The highest BCUT2D eigenvalue weighted by Crippen LogP contribution is 2.34. The van der Waals surface area contributed by atoms with Crippen LogP contribution in [0.1, 0.15) is 19.4 Å². The lowest BCUT2D eigenvalue weighted by atomic mass is 10.2. The van der Waals surface area contributed by atoms with Crippen LogP contribution in [0.4, 0.5) is 0 Å². The van der Waals surface area contributed by atoms with Crippen LogP contribution in [0.25, 0.3) is 33.5 Å². The fourth-order valence-corrected chi connectivity index (χ4v) is 4.44. The minimum absolute atomic E-state index is 0.269. The Morgan fingerprint density at radius 2 is 1.73 bits per heavy atom. The molecule has 0 atom stereocenters. The summed E-state index contributed by atoms with van der Waals surface area (Å²) in [5.41, 5.74) is 1.53. The van der Waals surface area contributed by atoms with E-state index >= 15 is 0 Å². The largest absolute Gasteiger partial charge is 0.496 e. The summed E-state index contributed by atoms with van der Waals surface area (Å²) in [7, 11) is 1.60. The smallest absolute Gasteiger partial charge is 0.282 e. The fraction of sp³-hybridized carbons (Fsp3) is 0.179. The highest BCUT2D eigenvalue weighted by Gasteiger charge is 2.18. The Bertz CT molecular complexity index is 1690. The molecule has 0 bridgehead atoms. The van der Waals surface area contributed by atoms with Gasteiger partial charge >= 0.3 is 0 Å². The van der Waals surface area contributed by atoms with Crippen molar-refractivity contribution >= 4 is 44.0 Å². The molecule has 0 radical (unpaired) electrons. The zero-order chi connectivity index (χ0) is 25.9. The highest BCUT2D eigenvalue weighted by atomic mass is 79.9. The molecule has 0 aliphatic rings. The third-order valence-electron chi connectivity index (χ3n) is 5.69. The number of furan rings is 1. The van der Waals surface area contributed by atoms with Gasteiger partial charge in [0.1, 0.15) is 11.3 Å². The zero-order valence-corrected chi connectivity index (χ0v) is 22.1. The number of para-hydroxylation sites is 1. The lowest BCUT2D eigenvalue weighted by molar-refractivity contribution is 0.287. The molecule has 5 rings (SSSR count). The number of methoxy groups -OCH3 is 1. The monoisotopic (exact) mass is 561 g/mol. The molecule has 2 heterocycles. The van der Waals surface area contributed by atoms with Crippen LogP contribution in [-0.2, 0) is 0 Å². The van der Waals surface area contributed by atoms with Crippen LogP contribution in [0.5, 0.6) is 17.2 Å². The van der Waals surface area contributed by atoms with Gasteiger partial charge in [0.05, 0.1) is 42.8 Å². The predicted molar refractivity (Wildman–Crippen MR) is 147 cm³/mol. The number of aromatic nitrogens is 2. The summed E-state index contributed by atoms with van der Waals surface area (Å²) in [6, 6.07) is 18.1. The van der Waals surface area contributed by atoms with Gasteiger partial charge in [-0.05, 0) is 72.2 Å². The molecule has 0 amide bonds. The Kier molecular flexibility index (Phi) is 6.96. The molecule has 0 fully saturated rings. The predicted octanol–water partition coefficient (Wildman–Crippen LogP) is 6.26. The molecule has 8 nitrogen and oxygen atoms in total. The molecular weight excluding hydrogens is 538 g/mol. The minimum Gasteiger partial charge on any atom is -0.496 e. The summed E-state index contributed by atoms with van der Waals surface area (Å²) >= 11 is 3.57. The van der Waals surface area contributed by atoms with E-state index in [4.69, 9.17) is 23.6 Å². The quantitative estimate of drug-likeness (QED) is 0.208. The van der Waals surface area contributed by atoms with Crippen molar-refractivity contribution in [2.24, 2.45) is 5.10 Å². The van der Waals surface area contributed by atoms with Crippen LogP contribution in [0.15, 0.2) is 79.4 Å². The average molecular weight is 562 g/mol. The van der Waals surface area contributed by atoms with Crippen molar-refractivity contribution < 1.29 is 18.6 Å². The van der Waals surface area contributed by atoms with E-state index in [1.54, 1.807) is 37.6 Å². The maximum atomic E-state index is 13.6. The van der Waals surface area contributed by atoms with Crippen molar-refractivity contribution in [2.45, 2.75) is 13.8 Å². The molecule has 188 valence electrons. The number of hydrogen-bond acceptors (Lipinski definition) is 7. The summed E-state index contributed by atoms with van der Waals surface area (Å²) < 4.78 is 25.0. The Hall–Kier alpha value is -4.11. The summed E-state index contributed by atoms with van der Waals surface area (Å²) in [6.45, 7) is 4.80. The van der Waals surface area contributed by atoms with E-state index in [0.717, 1.165) is 9.86 Å². The van der Waals surface area contributed by atoms with Gasteiger partial charge in [-0.15, -0.1) is 0 Å². The number of rotatable bonds is 8. The summed E-state index contributed by atoms with van der Waals surface area (Å²) in [4.78, 5) is 18.3. The fourth-order valence-electron chi connectivity index (χ4n) is 4.02. The molecule has 0 N–H and O–H groups in total. The Morgan fingerprint density at radius 3 is 2.49 bits per heavy atom. The second kappa shape index (κ2) is 10.5. The minimum atomic E-state index is -0.323. The molecule has 0 spiro atoms. The molecule has 2 aromatic heterocycles. The van der Waals surface area contributed by atoms with E-state index in [0.29, 0.717) is 58.3 Å². The molecule has 9 heteroatoms. The lowest BCUT2D eigenvalue weighted by Crippen LogP contribution is -2.20. The van der Waals surface area contributed by atoms with Crippen molar-refractivity contribution in [3.63, 3.8) is 0 Å². The van der Waals surface area contributed by atoms with Crippen LogP contribution in [-0.4, -0.2) is 36.2 Å². The number of benzene rings is 3. The van der Waals surface area contributed by atoms with E-state index in [9.17, 15) is 4.79 Å². The summed E-state index contributed by atoms with van der Waals surface area (Å²) in [5.74, 6) is 2.52. The Morgan fingerprint density at radius 1 is 0.973 bits per heavy atom. The molecule has 0 saturated carbocycles. The van der Waals surface area contributed by atoms with Crippen LogP contribution in [0, 0.1) is 0 Å². The van der Waals surface area contributed by atoms with Gasteiger partial charge in [-0.2, -0.15) is 9.78 Å². The van der Waals surface area contributed by atoms with Gasteiger partial charge in [-0.3, -0.25) is 4.79 Å². The molecule has 0 aliphatic carbocycles. The van der Waals surface area contributed by atoms with Gasteiger partial charge in [-0.25, -0.2) is 4.98 Å². The SMILES string of the molecule is CCOc1cc(Br)c(C=Nn2c(-c3cc4c(OC)cccc4o3)nc3ccccc3c2=O)cc1OCC. The second-order valence-electron chi connectivity index (χ2n) is 7.98. The zero-order valence-electron chi connectivity index (χ0n) is 20.5. The molecule has 37 heavy (non-hydrogen) atoms. The first-order valence-electron chi connectivity index (χ1n) is 11.8. The average Bonchev–Trinajstić information content (AvgIpc) is 3.35. The van der Waals surface area contributed by atoms with Crippen molar-refractivity contribution in [1.29, 1.82) is 0 Å². The van der Waals surface area contributed by atoms with E-state index in [1.165, 1.54) is 4.68 Å². The van der Waals surface area contributed by atoms with E-state index in [-0.39, 0.29) is 11.4 Å². The number of fused-ring (bicyclic) bond motifs is 2. The molecule has 5 aromatic rings. The highest BCUT2D eigenvalue weighted by molar-refractivity contribution is 9.10. The maximum Gasteiger partial charge on any atom is 0.282 e. The summed E-state index contributed by atoms with van der Waals surface area (Å²) in [5, 5.41) is 5.77. The first kappa shape index (κ1) is 24.6. The van der Waals surface area contributed by atoms with Gasteiger partial charge in [-0.1, -0.05) is 18.2 Å². The Labute approximate surface area is 221 Å². The van der Waals surface area contributed by atoms with Crippen LogP contribution >= 0.6 is 15.9 Å². The number of nitrogens with zero attached hydrogens (tertiary/aromatic N) is 3. The molecule has 0 aliphatic heterocycles. The molecule has 3 aromatic carbocycles. The third kappa shape index (κ3) is 4.70. The van der Waals surface area contributed by atoms with Gasteiger partial charge in [0.25, 0.3) is 5.56 Å². The third-order valence-corrected chi connectivity index (χ3v) is 6.38. The number of ether oxygens (including phenoxy) is 3. The maximum absolute atomic E-state index is 13.6. The molecule has 0 unspecified atom stereocenters. The number of halogens is 1. The summed E-state index contributed by atoms with van der Waals surface area (Å²) in [6.07, 6.45) is 1.58. The van der Waals surface area contributed by atoms with Crippen molar-refractivity contribution in [1.82, 2.24) is 9.66 Å². The second-order valence-corrected chi connectivity index (χ2v) is 8.84. The van der Waals surface area contributed by atoms with Crippen molar-refractivity contribution in [3.8, 4) is 28.8 Å². The normalized spacial score (nSPS) is 11.5. The van der Waals surface area contributed by atoms with Gasteiger partial charge in [0.2, 0.25) is 5.82 Å². The first-order chi connectivity index (χ1) is 18.0. The van der Waals surface area contributed by atoms with Gasteiger partial charge in [0, 0.05) is 10.0 Å².